The number of aromatic amines is 1. The topological polar surface area (TPSA) is 78.0 Å². The molecule has 0 fully saturated rings. The predicted molar refractivity (Wildman–Crippen MR) is 69.6 cm³/mol. The number of nitrogens with one attached hydrogen (secondary N) is 2. The van der Waals surface area contributed by atoms with Crippen LogP contribution in [0.4, 0.5) is 5.82 Å². The van der Waals surface area contributed by atoms with E-state index < -0.39 is 5.54 Å². The number of phenols is 1. The molecule has 0 unspecified atom stereocenters. The lowest BCUT2D eigenvalue weighted by Gasteiger charge is -2.27. The molecule has 0 aliphatic heterocycles. The summed E-state index contributed by atoms with van der Waals surface area (Å²) >= 11 is 0. The number of hydrogen-bond donors (Lipinski definition) is 3. The van der Waals surface area contributed by atoms with Crippen molar-refractivity contribution in [2.24, 2.45) is 0 Å². The molecule has 1 aromatic heterocycles. The minimum Gasteiger partial charge on any atom is -0.508 e. The Bertz CT molecular complexity index is 605. The van der Waals surface area contributed by atoms with Crippen LogP contribution in [0.15, 0.2) is 41.5 Å². The van der Waals surface area contributed by atoms with Crippen LogP contribution in [0.25, 0.3) is 0 Å². The molecule has 0 atom stereocenters. The second-order valence-corrected chi connectivity index (χ2v) is 4.53. The zero-order valence-electron chi connectivity index (χ0n) is 10.3. The van der Waals surface area contributed by atoms with E-state index in [4.69, 9.17) is 0 Å². The fourth-order valence-corrected chi connectivity index (χ4v) is 1.81. The molecule has 0 aliphatic carbocycles. The maximum absolute atomic E-state index is 11.6. The Labute approximate surface area is 105 Å². The lowest BCUT2D eigenvalue weighted by molar-refractivity contribution is 0.449. The van der Waals surface area contributed by atoms with Gasteiger partial charge in [-0.1, -0.05) is 18.2 Å². The van der Waals surface area contributed by atoms with Crippen LogP contribution in [0.3, 0.4) is 0 Å². The molecule has 5 nitrogen and oxygen atoms in total. The largest absolute Gasteiger partial charge is 0.508 e. The predicted octanol–water partition coefficient (Wildman–Crippen LogP) is 1.82. The van der Waals surface area contributed by atoms with Crippen LogP contribution in [0, 0.1) is 0 Å². The number of nitrogens with zero attached hydrogens (tertiary/aromatic N) is 1. The van der Waals surface area contributed by atoms with Crippen molar-refractivity contribution >= 4 is 5.82 Å². The Balaban J connectivity index is 2.36. The summed E-state index contributed by atoms with van der Waals surface area (Å²) in [7, 11) is 0. The van der Waals surface area contributed by atoms with Crippen molar-refractivity contribution in [3.63, 3.8) is 0 Å². The third-order valence-electron chi connectivity index (χ3n) is 2.72. The number of rotatable bonds is 3. The summed E-state index contributed by atoms with van der Waals surface area (Å²) in [5, 5.41) is 12.9. The molecule has 0 saturated heterocycles. The molecule has 5 heteroatoms. The normalized spacial score (nSPS) is 11.2. The standard InChI is InChI=1S/C13H15N3O2/c1-13(2,9-5-3-4-6-10(9)17)16-11-12(18)15-8-7-14-11/h3-8,17H,1-2H3,(H,14,16)(H,15,18). The molecule has 0 bridgehead atoms. The van der Waals surface area contributed by atoms with Gasteiger partial charge in [0.05, 0.1) is 5.54 Å². The maximum Gasteiger partial charge on any atom is 0.290 e. The van der Waals surface area contributed by atoms with Gasteiger partial charge in [0.15, 0.2) is 5.82 Å². The molecule has 1 heterocycles. The van der Waals surface area contributed by atoms with E-state index in [-0.39, 0.29) is 17.1 Å². The fourth-order valence-electron chi connectivity index (χ4n) is 1.81. The van der Waals surface area contributed by atoms with E-state index in [0.29, 0.717) is 5.56 Å². The van der Waals surface area contributed by atoms with Crippen molar-refractivity contribution in [3.05, 3.63) is 52.6 Å². The number of aromatic nitrogens is 2. The summed E-state index contributed by atoms with van der Waals surface area (Å²) in [6, 6.07) is 7.00. The van der Waals surface area contributed by atoms with Crippen molar-refractivity contribution in [1.82, 2.24) is 9.97 Å². The van der Waals surface area contributed by atoms with Gasteiger partial charge in [0.25, 0.3) is 5.56 Å². The van der Waals surface area contributed by atoms with Gasteiger partial charge in [-0.25, -0.2) is 4.98 Å². The minimum atomic E-state index is -0.604. The van der Waals surface area contributed by atoms with Gasteiger partial charge in [-0.05, 0) is 19.9 Å². The van der Waals surface area contributed by atoms with Crippen LogP contribution in [0.2, 0.25) is 0 Å². The third-order valence-corrected chi connectivity index (χ3v) is 2.72. The number of anilines is 1. The third kappa shape index (κ3) is 2.34. The molecular formula is C13H15N3O2. The van der Waals surface area contributed by atoms with Crippen LogP contribution in [-0.4, -0.2) is 15.1 Å². The van der Waals surface area contributed by atoms with Gasteiger partial charge in [0, 0.05) is 18.0 Å². The number of hydrogen-bond acceptors (Lipinski definition) is 4. The minimum absolute atomic E-state index is 0.183. The Hall–Kier alpha value is -2.30. The molecule has 94 valence electrons. The van der Waals surface area contributed by atoms with E-state index >= 15 is 0 Å². The zero-order valence-corrected chi connectivity index (χ0v) is 10.3. The first-order valence-electron chi connectivity index (χ1n) is 5.61. The fraction of sp³-hybridized carbons (Fsp3) is 0.231. The highest BCUT2D eigenvalue weighted by molar-refractivity contribution is 5.44. The molecule has 0 spiro atoms. The van der Waals surface area contributed by atoms with Gasteiger partial charge in [-0.3, -0.25) is 4.79 Å². The zero-order chi connectivity index (χ0) is 13.2. The van der Waals surface area contributed by atoms with E-state index in [1.807, 2.05) is 19.9 Å². The van der Waals surface area contributed by atoms with Crippen molar-refractivity contribution in [1.29, 1.82) is 0 Å². The van der Waals surface area contributed by atoms with E-state index in [0.717, 1.165) is 0 Å². The van der Waals surface area contributed by atoms with Gasteiger partial charge in [0.1, 0.15) is 5.75 Å². The summed E-state index contributed by atoms with van der Waals surface area (Å²) in [5.41, 5.74) is -0.191. The van der Waals surface area contributed by atoms with E-state index in [1.165, 1.54) is 12.4 Å². The van der Waals surface area contributed by atoms with Gasteiger partial charge < -0.3 is 15.4 Å². The molecule has 2 aromatic rings. The number of H-pyrrole nitrogens is 1. The monoisotopic (exact) mass is 245 g/mol. The molecule has 0 aliphatic rings. The van der Waals surface area contributed by atoms with Crippen LogP contribution in [0.1, 0.15) is 19.4 Å². The van der Waals surface area contributed by atoms with Crippen LogP contribution < -0.4 is 10.9 Å². The first-order valence-corrected chi connectivity index (χ1v) is 5.61. The van der Waals surface area contributed by atoms with E-state index in [1.54, 1.807) is 18.2 Å². The molecule has 1 aromatic carbocycles. The second kappa shape index (κ2) is 4.52. The summed E-state index contributed by atoms with van der Waals surface area (Å²) in [5.74, 6) is 0.410. The number of benzene rings is 1. The lowest BCUT2D eigenvalue weighted by atomic mass is 9.93. The van der Waals surface area contributed by atoms with Gasteiger partial charge >= 0.3 is 0 Å². The average molecular weight is 245 g/mol. The highest BCUT2D eigenvalue weighted by Crippen LogP contribution is 2.30. The SMILES string of the molecule is CC(C)(Nc1ncc[nH]c1=O)c1ccccc1O. The Morgan fingerprint density at radius 3 is 2.72 bits per heavy atom. The Morgan fingerprint density at radius 1 is 1.33 bits per heavy atom. The molecule has 0 amide bonds. The highest BCUT2D eigenvalue weighted by atomic mass is 16.3. The first-order chi connectivity index (χ1) is 8.50. The molecular weight excluding hydrogens is 230 g/mol. The summed E-state index contributed by atoms with van der Waals surface area (Å²) in [6.45, 7) is 3.74. The van der Waals surface area contributed by atoms with Crippen molar-refractivity contribution < 1.29 is 5.11 Å². The van der Waals surface area contributed by atoms with Gasteiger partial charge in [0.2, 0.25) is 0 Å². The molecule has 18 heavy (non-hydrogen) atoms. The average Bonchev–Trinajstić information content (AvgIpc) is 2.32. The number of phenolic OH excluding ortho intramolecular Hbond substituents is 1. The van der Waals surface area contributed by atoms with Crippen LogP contribution in [-0.2, 0) is 5.54 Å². The molecule has 0 saturated carbocycles. The summed E-state index contributed by atoms with van der Waals surface area (Å²) in [6.07, 6.45) is 2.98. The Kier molecular flexibility index (Phi) is 3.06. The Morgan fingerprint density at radius 2 is 2.06 bits per heavy atom. The summed E-state index contributed by atoms with van der Waals surface area (Å²) < 4.78 is 0. The van der Waals surface area contributed by atoms with Crippen LogP contribution in [0.5, 0.6) is 5.75 Å². The van der Waals surface area contributed by atoms with Crippen molar-refractivity contribution in [3.8, 4) is 5.75 Å². The van der Waals surface area contributed by atoms with E-state index in [2.05, 4.69) is 15.3 Å². The smallest absolute Gasteiger partial charge is 0.290 e. The van der Waals surface area contributed by atoms with E-state index in [9.17, 15) is 9.90 Å². The molecule has 0 radical (unpaired) electrons. The maximum atomic E-state index is 11.6. The molecule has 3 N–H and O–H groups in total. The second-order valence-electron chi connectivity index (χ2n) is 4.53. The van der Waals surface area contributed by atoms with Gasteiger partial charge in [-0.2, -0.15) is 0 Å². The highest BCUT2D eigenvalue weighted by Gasteiger charge is 2.24. The first kappa shape index (κ1) is 12.2. The summed E-state index contributed by atoms with van der Waals surface area (Å²) in [4.78, 5) is 18.1. The van der Waals surface area contributed by atoms with Crippen LogP contribution >= 0.6 is 0 Å². The van der Waals surface area contributed by atoms with Gasteiger partial charge in [-0.15, -0.1) is 0 Å². The number of para-hydroxylation sites is 1. The van der Waals surface area contributed by atoms with Crippen molar-refractivity contribution in [2.75, 3.05) is 5.32 Å². The molecule has 2 rings (SSSR count). The quantitative estimate of drug-likeness (QED) is 0.770. The van der Waals surface area contributed by atoms with Crippen molar-refractivity contribution in [2.45, 2.75) is 19.4 Å². The number of aromatic hydroxyl groups is 1. The lowest BCUT2D eigenvalue weighted by Crippen LogP contribution is -2.31.